The summed E-state index contributed by atoms with van der Waals surface area (Å²) in [5.74, 6) is 0.994. The second kappa shape index (κ2) is 6.25. The Morgan fingerprint density at radius 2 is 2.26 bits per heavy atom. The highest BCUT2D eigenvalue weighted by molar-refractivity contribution is 7.91. The van der Waals surface area contributed by atoms with Crippen LogP contribution in [0.4, 0.5) is 0 Å². The Morgan fingerprint density at radius 1 is 1.47 bits per heavy atom. The van der Waals surface area contributed by atoms with Crippen LogP contribution in [0.15, 0.2) is 24.3 Å². The van der Waals surface area contributed by atoms with E-state index in [9.17, 15) is 8.42 Å². The molecule has 1 aromatic carbocycles. The van der Waals surface area contributed by atoms with Crippen molar-refractivity contribution in [3.63, 3.8) is 0 Å². The van der Waals surface area contributed by atoms with E-state index < -0.39 is 9.84 Å². The lowest BCUT2D eigenvalue weighted by molar-refractivity contribution is 0.424. The van der Waals surface area contributed by atoms with Crippen LogP contribution in [0, 0.1) is 5.92 Å². The van der Waals surface area contributed by atoms with Gasteiger partial charge >= 0.3 is 0 Å². The molecule has 1 aliphatic heterocycles. The maximum Gasteiger partial charge on any atom is 0.150 e. The third kappa shape index (κ3) is 4.48. The predicted octanol–water partition coefficient (Wildman–Crippen LogP) is 2.30. The molecule has 1 saturated heterocycles. The zero-order valence-electron chi connectivity index (χ0n) is 11.1. The van der Waals surface area contributed by atoms with E-state index in [1.54, 1.807) is 0 Å². The first-order valence-corrected chi connectivity index (χ1v) is 8.80. The number of halogens is 1. The van der Waals surface area contributed by atoms with Gasteiger partial charge < -0.3 is 5.32 Å². The van der Waals surface area contributed by atoms with Crippen molar-refractivity contribution in [2.75, 3.05) is 18.6 Å². The van der Waals surface area contributed by atoms with Crippen LogP contribution in [-0.4, -0.2) is 33.0 Å². The maximum atomic E-state index is 11.5. The van der Waals surface area contributed by atoms with Gasteiger partial charge in [0, 0.05) is 11.1 Å². The predicted molar refractivity (Wildman–Crippen MR) is 79.4 cm³/mol. The molecule has 1 aromatic rings. The van der Waals surface area contributed by atoms with Crippen molar-refractivity contribution in [3.05, 3.63) is 34.9 Å². The average Bonchev–Trinajstić information content (AvgIpc) is 2.68. The highest BCUT2D eigenvalue weighted by Crippen LogP contribution is 2.24. The Bertz CT molecular complexity index is 530. The molecule has 0 saturated carbocycles. The second-order valence-electron chi connectivity index (χ2n) is 5.32. The number of sulfone groups is 1. The summed E-state index contributed by atoms with van der Waals surface area (Å²) in [4.78, 5) is 0. The molecular weight excluding hydrogens is 282 g/mol. The molecule has 0 radical (unpaired) electrons. The van der Waals surface area contributed by atoms with E-state index in [0.29, 0.717) is 23.5 Å². The second-order valence-corrected chi connectivity index (χ2v) is 7.99. The van der Waals surface area contributed by atoms with Crippen molar-refractivity contribution in [1.29, 1.82) is 0 Å². The van der Waals surface area contributed by atoms with Crippen molar-refractivity contribution in [3.8, 4) is 0 Å². The topological polar surface area (TPSA) is 46.2 Å². The minimum absolute atomic E-state index is 0.293. The summed E-state index contributed by atoms with van der Waals surface area (Å²) in [6, 6.07) is 8.14. The monoisotopic (exact) mass is 301 g/mol. The Labute approximate surface area is 120 Å². The lowest BCUT2D eigenvalue weighted by atomic mass is 9.95. The number of nitrogens with one attached hydrogen (secondary N) is 1. The molecule has 3 nitrogen and oxygen atoms in total. The van der Waals surface area contributed by atoms with Gasteiger partial charge in [0.15, 0.2) is 9.84 Å². The molecule has 0 bridgehead atoms. The summed E-state index contributed by atoms with van der Waals surface area (Å²) >= 11 is 5.98. The molecule has 5 heteroatoms. The fraction of sp³-hybridized carbons (Fsp3) is 0.571. The van der Waals surface area contributed by atoms with Gasteiger partial charge in [-0.25, -0.2) is 8.42 Å². The summed E-state index contributed by atoms with van der Waals surface area (Å²) in [7, 11) is -0.849. The van der Waals surface area contributed by atoms with Crippen molar-refractivity contribution < 1.29 is 8.42 Å². The molecule has 1 heterocycles. The van der Waals surface area contributed by atoms with Crippen LogP contribution in [0.1, 0.15) is 18.4 Å². The highest BCUT2D eigenvalue weighted by Gasteiger charge is 2.29. The summed E-state index contributed by atoms with van der Waals surface area (Å²) in [6.45, 7) is 0. The molecule has 0 aromatic heterocycles. The van der Waals surface area contributed by atoms with E-state index in [2.05, 4.69) is 11.4 Å². The van der Waals surface area contributed by atoms with E-state index in [-0.39, 0.29) is 0 Å². The lowest BCUT2D eigenvalue weighted by Gasteiger charge is -2.19. The number of likely N-dealkylation sites (N-methyl/N-ethyl adjacent to an activating group) is 1. The van der Waals surface area contributed by atoms with Crippen LogP contribution in [0.3, 0.4) is 0 Å². The molecule has 0 amide bonds. The van der Waals surface area contributed by atoms with Crippen molar-refractivity contribution in [2.24, 2.45) is 5.92 Å². The first-order chi connectivity index (χ1) is 8.98. The minimum atomic E-state index is -2.78. The third-order valence-corrected chi connectivity index (χ3v) is 5.80. The summed E-state index contributed by atoms with van der Waals surface area (Å²) in [5.41, 5.74) is 1.19. The van der Waals surface area contributed by atoms with Gasteiger partial charge in [0.25, 0.3) is 0 Å². The SMILES string of the molecule is CNC(Cc1cccc(Cl)c1)CC1CCS(=O)(=O)C1. The minimum Gasteiger partial charge on any atom is -0.317 e. The Balaban J connectivity index is 1.94. The molecule has 0 spiro atoms. The van der Waals surface area contributed by atoms with Crippen LogP contribution >= 0.6 is 11.6 Å². The molecule has 1 fully saturated rings. The number of hydrogen-bond donors (Lipinski definition) is 1. The van der Waals surface area contributed by atoms with Crippen molar-refractivity contribution in [2.45, 2.75) is 25.3 Å². The van der Waals surface area contributed by atoms with Gasteiger partial charge in [-0.1, -0.05) is 23.7 Å². The number of hydrogen-bond acceptors (Lipinski definition) is 3. The van der Waals surface area contributed by atoms with Crippen LogP contribution < -0.4 is 5.32 Å². The van der Waals surface area contributed by atoms with Crippen LogP contribution in [0.25, 0.3) is 0 Å². The van der Waals surface area contributed by atoms with Crippen LogP contribution in [0.5, 0.6) is 0 Å². The molecule has 1 aliphatic rings. The molecule has 2 rings (SSSR count). The Morgan fingerprint density at radius 3 is 2.84 bits per heavy atom. The molecule has 106 valence electrons. The smallest absolute Gasteiger partial charge is 0.150 e. The molecule has 1 N–H and O–H groups in total. The summed E-state index contributed by atoms with van der Waals surface area (Å²) in [6.07, 6.45) is 2.59. The van der Waals surface area contributed by atoms with Crippen LogP contribution in [-0.2, 0) is 16.3 Å². The lowest BCUT2D eigenvalue weighted by Crippen LogP contribution is -2.30. The zero-order chi connectivity index (χ0) is 13.9. The first-order valence-electron chi connectivity index (χ1n) is 6.60. The Kier molecular flexibility index (Phi) is 4.87. The fourth-order valence-corrected chi connectivity index (χ4v) is 4.80. The van der Waals surface area contributed by atoms with Gasteiger partial charge in [0.05, 0.1) is 11.5 Å². The Hall–Kier alpha value is -0.580. The first kappa shape index (κ1) is 14.8. The van der Waals surface area contributed by atoms with Crippen molar-refractivity contribution >= 4 is 21.4 Å². The average molecular weight is 302 g/mol. The molecular formula is C14H20ClNO2S. The zero-order valence-corrected chi connectivity index (χ0v) is 12.7. The standard InChI is InChI=1S/C14H20ClNO2S/c1-16-14(8-11-3-2-4-13(15)7-11)9-12-5-6-19(17,18)10-12/h2-4,7,12,14,16H,5-6,8-10H2,1H3. The van der Waals surface area contributed by atoms with Crippen molar-refractivity contribution in [1.82, 2.24) is 5.32 Å². The number of rotatable bonds is 5. The molecule has 19 heavy (non-hydrogen) atoms. The quantitative estimate of drug-likeness (QED) is 0.908. The van der Waals surface area contributed by atoms with E-state index in [4.69, 9.17) is 11.6 Å². The molecule has 0 aliphatic carbocycles. The summed E-state index contributed by atoms with van der Waals surface area (Å²) in [5, 5.41) is 4.03. The van der Waals surface area contributed by atoms with Gasteiger partial charge in [0.1, 0.15) is 0 Å². The maximum absolute atomic E-state index is 11.5. The van der Waals surface area contributed by atoms with E-state index in [1.165, 1.54) is 5.56 Å². The van der Waals surface area contributed by atoms with Gasteiger partial charge in [-0.3, -0.25) is 0 Å². The van der Waals surface area contributed by atoms with Crippen LogP contribution in [0.2, 0.25) is 5.02 Å². The van der Waals surface area contributed by atoms with Gasteiger partial charge in [0.2, 0.25) is 0 Å². The normalized spacial score (nSPS) is 23.4. The largest absolute Gasteiger partial charge is 0.317 e. The molecule has 2 atom stereocenters. The fourth-order valence-electron chi connectivity index (χ4n) is 2.71. The highest BCUT2D eigenvalue weighted by atomic mass is 35.5. The van der Waals surface area contributed by atoms with E-state index in [0.717, 1.165) is 24.3 Å². The molecule has 2 unspecified atom stereocenters. The van der Waals surface area contributed by atoms with E-state index >= 15 is 0 Å². The van der Waals surface area contributed by atoms with E-state index in [1.807, 2.05) is 25.2 Å². The number of benzene rings is 1. The van der Waals surface area contributed by atoms with Gasteiger partial charge in [-0.2, -0.15) is 0 Å². The van der Waals surface area contributed by atoms with Gasteiger partial charge in [-0.15, -0.1) is 0 Å². The summed E-state index contributed by atoms with van der Waals surface area (Å²) < 4.78 is 23.0. The third-order valence-electron chi connectivity index (χ3n) is 3.72. The van der Waals surface area contributed by atoms with Gasteiger partial charge in [-0.05, 0) is 49.9 Å².